The van der Waals surface area contributed by atoms with Gasteiger partial charge >= 0.3 is 5.97 Å². The van der Waals surface area contributed by atoms with Crippen LogP contribution in [0.4, 0.5) is 10.1 Å². The number of hydrogen-bond acceptors (Lipinski definition) is 2. The molecule has 0 radical (unpaired) electrons. The molecule has 2 aliphatic rings. The number of hydrogen-bond donors (Lipinski definition) is 1. The zero-order valence-corrected chi connectivity index (χ0v) is 10.9. The van der Waals surface area contributed by atoms with Gasteiger partial charge in [-0.25, -0.2) is 4.39 Å². The van der Waals surface area contributed by atoms with Gasteiger partial charge in [0.2, 0.25) is 0 Å². The van der Waals surface area contributed by atoms with Crippen LogP contribution in [0.1, 0.15) is 37.7 Å². The van der Waals surface area contributed by atoms with E-state index in [1.165, 1.54) is 6.07 Å². The highest BCUT2D eigenvalue weighted by atomic mass is 19.1. The number of carboxylic acids is 1. The van der Waals surface area contributed by atoms with Crippen LogP contribution in [0.25, 0.3) is 0 Å². The van der Waals surface area contributed by atoms with Crippen LogP contribution in [0, 0.1) is 5.82 Å². The van der Waals surface area contributed by atoms with Gasteiger partial charge in [0.25, 0.3) is 0 Å². The number of benzene rings is 1. The number of carboxylic acid groups (broad SMARTS) is 1. The van der Waals surface area contributed by atoms with Gasteiger partial charge in [0.1, 0.15) is 5.82 Å². The Morgan fingerprint density at radius 2 is 1.89 bits per heavy atom. The van der Waals surface area contributed by atoms with Crippen molar-refractivity contribution in [1.82, 2.24) is 0 Å². The molecule has 0 bridgehead atoms. The molecule has 1 N–H and O–H groups in total. The fourth-order valence-corrected chi connectivity index (χ4v) is 3.31. The Balaban J connectivity index is 2.11. The maximum Gasteiger partial charge on any atom is 0.314 e. The summed E-state index contributed by atoms with van der Waals surface area (Å²) in [5.41, 5.74) is 0.207. The lowest BCUT2D eigenvalue weighted by molar-refractivity contribution is -0.147. The Bertz CT molecular complexity index is 505. The molecule has 1 heterocycles. The molecule has 1 saturated heterocycles. The van der Waals surface area contributed by atoms with E-state index in [1.54, 1.807) is 6.07 Å². The second kappa shape index (κ2) is 4.51. The normalized spacial score (nSPS) is 21.2. The van der Waals surface area contributed by atoms with E-state index in [2.05, 4.69) is 4.90 Å². The molecule has 1 aliphatic heterocycles. The van der Waals surface area contributed by atoms with Crippen molar-refractivity contribution in [2.45, 2.75) is 37.5 Å². The summed E-state index contributed by atoms with van der Waals surface area (Å²) in [6.07, 6.45) is 4.14. The van der Waals surface area contributed by atoms with Gasteiger partial charge in [-0.3, -0.25) is 4.79 Å². The molecule has 1 aromatic carbocycles. The van der Waals surface area contributed by atoms with Gasteiger partial charge in [-0.1, -0.05) is 12.5 Å². The molecule has 1 aliphatic carbocycles. The highest BCUT2D eigenvalue weighted by molar-refractivity contribution is 5.85. The van der Waals surface area contributed by atoms with Crippen molar-refractivity contribution < 1.29 is 14.3 Å². The maximum absolute atomic E-state index is 14.3. The molecule has 102 valence electrons. The van der Waals surface area contributed by atoms with Crippen molar-refractivity contribution >= 4 is 11.7 Å². The lowest BCUT2D eigenvalue weighted by atomic mass is 9.63. The molecule has 3 rings (SSSR count). The summed E-state index contributed by atoms with van der Waals surface area (Å²) in [5, 5.41) is 9.54. The third-order valence-electron chi connectivity index (χ3n) is 4.53. The standard InChI is InChI=1S/C15H18FNO2/c16-11-5-3-6-12(17-9-1-2-10-17)13(11)15(14(18)19)7-4-8-15/h3,5-6H,1-2,4,7-10H2,(H,18,19). The monoisotopic (exact) mass is 263 g/mol. The maximum atomic E-state index is 14.3. The van der Waals surface area contributed by atoms with E-state index < -0.39 is 11.4 Å². The van der Waals surface area contributed by atoms with Gasteiger partial charge < -0.3 is 10.0 Å². The van der Waals surface area contributed by atoms with Crippen LogP contribution in [0.15, 0.2) is 18.2 Å². The number of carbonyl (C=O) groups is 1. The fraction of sp³-hybridized carbons (Fsp3) is 0.533. The SMILES string of the molecule is O=C(O)C1(c2c(F)cccc2N2CCCC2)CCC1. The average molecular weight is 263 g/mol. The van der Waals surface area contributed by atoms with Crippen LogP contribution in [0.2, 0.25) is 0 Å². The number of halogens is 1. The first-order valence-electron chi connectivity index (χ1n) is 6.92. The summed E-state index contributed by atoms with van der Waals surface area (Å²) < 4.78 is 14.3. The van der Waals surface area contributed by atoms with Crippen molar-refractivity contribution in [1.29, 1.82) is 0 Å². The Morgan fingerprint density at radius 3 is 2.42 bits per heavy atom. The van der Waals surface area contributed by atoms with E-state index >= 15 is 0 Å². The average Bonchev–Trinajstić information content (AvgIpc) is 2.82. The molecular weight excluding hydrogens is 245 g/mol. The van der Waals surface area contributed by atoms with Crippen molar-refractivity contribution in [3.05, 3.63) is 29.6 Å². The predicted molar refractivity (Wildman–Crippen MR) is 71.0 cm³/mol. The van der Waals surface area contributed by atoms with Crippen LogP contribution < -0.4 is 4.90 Å². The minimum atomic E-state index is -0.997. The van der Waals surface area contributed by atoms with Crippen molar-refractivity contribution in [3.63, 3.8) is 0 Å². The van der Waals surface area contributed by atoms with Crippen molar-refractivity contribution in [3.8, 4) is 0 Å². The molecule has 0 atom stereocenters. The Labute approximate surface area is 112 Å². The Morgan fingerprint density at radius 1 is 1.21 bits per heavy atom. The van der Waals surface area contributed by atoms with Gasteiger partial charge in [0.05, 0.1) is 5.41 Å². The summed E-state index contributed by atoms with van der Waals surface area (Å²) in [6.45, 7) is 1.79. The molecule has 19 heavy (non-hydrogen) atoms. The molecule has 2 fully saturated rings. The lowest BCUT2D eigenvalue weighted by Gasteiger charge is -2.40. The highest BCUT2D eigenvalue weighted by Gasteiger charge is 2.49. The van der Waals surface area contributed by atoms with Crippen LogP contribution in [-0.4, -0.2) is 24.2 Å². The van der Waals surface area contributed by atoms with E-state index in [1.807, 2.05) is 6.07 Å². The quantitative estimate of drug-likeness (QED) is 0.911. The van der Waals surface area contributed by atoms with Gasteiger partial charge in [0.15, 0.2) is 0 Å². The Kier molecular flexibility index (Phi) is 2.96. The predicted octanol–water partition coefficient (Wildman–Crippen LogP) is 2.93. The van der Waals surface area contributed by atoms with E-state index in [4.69, 9.17) is 0 Å². The van der Waals surface area contributed by atoms with Gasteiger partial charge in [-0.15, -0.1) is 0 Å². The molecular formula is C15H18FNO2. The molecule has 1 saturated carbocycles. The van der Waals surface area contributed by atoms with E-state index in [0.717, 1.165) is 38.0 Å². The molecule has 3 nitrogen and oxygen atoms in total. The zero-order valence-electron chi connectivity index (χ0n) is 10.9. The number of nitrogens with zero attached hydrogens (tertiary/aromatic N) is 1. The molecule has 1 aromatic rings. The first-order chi connectivity index (χ1) is 9.15. The summed E-state index contributed by atoms with van der Waals surface area (Å²) in [4.78, 5) is 13.8. The van der Waals surface area contributed by atoms with Gasteiger partial charge in [0, 0.05) is 24.3 Å². The van der Waals surface area contributed by atoms with Crippen LogP contribution in [-0.2, 0) is 10.2 Å². The number of anilines is 1. The van der Waals surface area contributed by atoms with Crippen LogP contribution >= 0.6 is 0 Å². The molecule has 0 aromatic heterocycles. The molecule has 0 amide bonds. The minimum Gasteiger partial charge on any atom is -0.481 e. The molecule has 4 heteroatoms. The first kappa shape index (κ1) is 12.5. The van der Waals surface area contributed by atoms with Gasteiger partial charge in [-0.2, -0.15) is 0 Å². The topological polar surface area (TPSA) is 40.5 Å². The first-order valence-corrected chi connectivity index (χ1v) is 6.92. The van der Waals surface area contributed by atoms with Crippen molar-refractivity contribution in [2.75, 3.05) is 18.0 Å². The second-order valence-electron chi connectivity index (χ2n) is 5.57. The summed E-state index contributed by atoms with van der Waals surface area (Å²) in [7, 11) is 0. The number of rotatable bonds is 3. The summed E-state index contributed by atoms with van der Waals surface area (Å²) in [6, 6.07) is 4.94. The van der Waals surface area contributed by atoms with E-state index in [0.29, 0.717) is 18.4 Å². The largest absolute Gasteiger partial charge is 0.481 e. The lowest BCUT2D eigenvalue weighted by Crippen LogP contribution is -2.44. The summed E-state index contributed by atoms with van der Waals surface area (Å²) in [5.74, 6) is -1.25. The van der Waals surface area contributed by atoms with E-state index in [9.17, 15) is 14.3 Å². The van der Waals surface area contributed by atoms with Crippen LogP contribution in [0.5, 0.6) is 0 Å². The van der Waals surface area contributed by atoms with Gasteiger partial charge in [-0.05, 0) is 37.8 Å². The Hall–Kier alpha value is -1.58. The van der Waals surface area contributed by atoms with Crippen LogP contribution in [0.3, 0.4) is 0 Å². The summed E-state index contributed by atoms with van der Waals surface area (Å²) >= 11 is 0. The zero-order chi connectivity index (χ0) is 13.5. The third-order valence-corrected chi connectivity index (χ3v) is 4.53. The van der Waals surface area contributed by atoms with Crippen molar-refractivity contribution in [2.24, 2.45) is 0 Å². The third kappa shape index (κ3) is 1.81. The molecule has 0 unspecified atom stereocenters. The number of aliphatic carboxylic acids is 1. The molecule has 0 spiro atoms. The highest BCUT2D eigenvalue weighted by Crippen LogP contribution is 2.48. The van der Waals surface area contributed by atoms with E-state index in [-0.39, 0.29) is 5.82 Å². The fourth-order valence-electron chi connectivity index (χ4n) is 3.31. The minimum absolute atomic E-state index is 0.369. The smallest absolute Gasteiger partial charge is 0.314 e. The second-order valence-corrected chi connectivity index (χ2v) is 5.57.